The molecule has 0 radical (unpaired) electrons. The van der Waals surface area contributed by atoms with Crippen LogP contribution < -0.4 is 0 Å². The molecule has 1 unspecified atom stereocenters. The van der Waals surface area contributed by atoms with Crippen LogP contribution in [0.1, 0.15) is 88.6 Å². The number of carbonyl (C=O) groups is 4. The van der Waals surface area contributed by atoms with Gasteiger partial charge in [0.15, 0.2) is 0 Å². The molecule has 0 N–H and O–H groups in total. The van der Waals surface area contributed by atoms with Gasteiger partial charge in [-0.15, -0.1) is 0 Å². The number of nitro benzene ring substituents is 1. The highest BCUT2D eigenvalue weighted by Crippen LogP contribution is 2.19. The Bertz CT molecular complexity index is 1330. The van der Waals surface area contributed by atoms with Gasteiger partial charge in [-0.1, -0.05) is 12.1 Å². The quantitative estimate of drug-likeness (QED) is 0.115. The first kappa shape index (κ1) is 46.5. The zero-order chi connectivity index (χ0) is 41.1. The number of ether oxygens (including phenoxy) is 4. The largest absolute Gasteiger partial charge is 0.459 e. The van der Waals surface area contributed by atoms with Gasteiger partial charge in [-0.2, -0.15) is 0 Å². The molecular formula is C39H65N5O10. The third-order valence-electron chi connectivity index (χ3n) is 7.85. The zero-order valence-corrected chi connectivity index (χ0v) is 34.7. The summed E-state index contributed by atoms with van der Waals surface area (Å²) in [5.74, 6) is -1.75. The Labute approximate surface area is 321 Å². The fraction of sp³-hybridized carbons (Fsp3) is 0.744. The molecule has 15 heteroatoms. The van der Waals surface area contributed by atoms with Crippen molar-refractivity contribution in [3.63, 3.8) is 0 Å². The van der Waals surface area contributed by atoms with E-state index in [0.717, 1.165) is 5.56 Å². The van der Waals surface area contributed by atoms with Crippen molar-refractivity contribution in [1.29, 1.82) is 0 Å². The summed E-state index contributed by atoms with van der Waals surface area (Å²) in [5, 5.41) is 11.4. The molecule has 0 bridgehead atoms. The predicted molar refractivity (Wildman–Crippen MR) is 205 cm³/mol. The monoisotopic (exact) mass is 763 g/mol. The fourth-order valence-electron chi connectivity index (χ4n) is 5.82. The second-order valence-corrected chi connectivity index (χ2v) is 17.9. The smallest absolute Gasteiger partial charge is 0.320 e. The topological polar surface area (TPSA) is 161 Å². The van der Waals surface area contributed by atoms with E-state index in [1.807, 2.05) is 51.3 Å². The Morgan fingerprint density at radius 3 is 1.28 bits per heavy atom. The molecule has 54 heavy (non-hydrogen) atoms. The second kappa shape index (κ2) is 19.8. The molecule has 0 spiro atoms. The van der Waals surface area contributed by atoms with Crippen LogP contribution in [0.2, 0.25) is 0 Å². The lowest BCUT2D eigenvalue weighted by molar-refractivity contribution is -0.384. The van der Waals surface area contributed by atoms with Gasteiger partial charge in [0, 0.05) is 64.0 Å². The van der Waals surface area contributed by atoms with E-state index in [1.54, 1.807) is 58.6 Å². The molecule has 1 aromatic rings. The summed E-state index contributed by atoms with van der Waals surface area (Å²) in [6, 6.07) is 5.75. The van der Waals surface area contributed by atoms with Crippen LogP contribution in [-0.4, -0.2) is 149 Å². The van der Waals surface area contributed by atoms with Gasteiger partial charge in [-0.3, -0.25) is 48.9 Å². The summed E-state index contributed by atoms with van der Waals surface area (Å²) in [4.78, 5) is 71.4. The molecule has 0 aromatic heterocycles. The summed E-state index contributed by atoms with van der Waals surface area (Å²) in [5.41, 5.74) is -2.11. The summed E-state index contributed by atoms with van der Waals surface area (Å²) in [6.45, 7) is 24.6. The first-order valence-corrected chi connectivity index (χ1v) is 18.7. The average Bonchev–Trinajstić information content (AvgIpc) is 3.04. The highest BCUT2D eigenvalue weighted by atomic mass is 16.6. The first-order chi connectivity index (χ1) is 24.7. The van der Waals surface area contributed by atoms with E-state index in [0.29, 0.717) is 52.2 Å². The van der Waals surface area contributed by atoms with Crippen LogP contribution in [0.25, 0.3) is 0 Å². The molecule has 1 heterocycles. The lowest BCUT2D eigenvalue weighted by atomic mass is 10.0. The number of hydrogen-bond donors (Lipinski definition) is 0. The molecule has 1 aliphatic rings. The van der Waals surface area contributed by atoms with Crippen LogP contribution in [0.5, 0.6) is 0 Å². The van der Waals surface area contributed by atoms with E-state index in [-0.39, 0.29) is 43.8 Å². The minimum Gasteiger partial charge on any atom is -0.459 e. The van der Waals surface area contributed by atoms with E-state index in [1.165, 1.54) is 12.1 Å². The number of nitrogens with zero attached hydrogens (tertiary/aromatic N) is 5. The number of nitro groups is 1. The maximum absolute atomic E-state index is 13.3. The van der Waals surface area contributed by atoms with Crippen LogP contribution >= 0.6 is 0 Å². The molecule has 1 aliphatic heterocycles. The van der Waals surface area contributed by atoms with Crippen LogP contribution in [0.15, 0.2) is 24.3 Å². The van der Waals surface area contributed by atoms with Crippen LogP contribution in [0.3, 0.4) is 0 Å². The second-order valence-electron chi connectivity index (χ2n) is 17.9. The molecular weight excluding hydrogens is 698 g/mol. The summed E-state index contributed by atoms with van der Waals surface area (Å²) in [7, 11) is 0. The summed E-state index contributed by atoms with van der Waals surface area (Å²) < 4.78 is 22.6. The van der Waals surface area contributed by atoms with Crippen molar-refractivity contribution >= 4 is 29.6 Å². The normalized spacial score (nSPS) is 16.5. The van der Waals surface area contributed by atoms with Gasteiger partial charge in [-0.05, 0) is 95.1 Å². The van der Waals surface area contributed by atoms with Gasteiger partial charge in [0.05, 0.1) is 31.1 Å². The molecule has 0 saturated carbocycles. The van der Waals surface area contributed by atoms with Crippen molar-refractivity contribution in [2.24, 2.45) is 0 Å². The van der Waals surface area contributed by atoms with Crippen LogP contribution in [0.4, 0.5) is 5.69 Å². The molecule has 1 aromatic carbocycles. The molecule has 1 atom stereocenters. The SMILES string of the molecule is CC(C)(C)OC(=O)CN1CCN(CC(=O)OC(C)(C)C)CCN(CC(Cc2ccc([N+](=O)[O-])cc2)N(CC(=O)OC(C)(C)C)CC(=O)OC(C)(C)C)CC1. The molecule has 2 rings (SSSR count). The lowest BCUT2D eigenvalue weighted by Crippen LogP contribution is -2.52. The Kier molecular flexibility index (Phi) is 17.0. The molecule has 15 nitrogen and oxygen atoms in total. The molecule has 1 fully saturated rings. The first-order valence-electron chi connectivity index (χ1n) is 18.7. The third-order valence-corrected chi connectivity index (χ3v) is 7.85. The van der Waals surface area contributed by atoms with E-state index < -0.39 is 45.3 Å². The van der Waals surface area contributed by atoms with Gasteiger partial charge in [0.25, 0.3) is 5.69 Å². The zero-order valence-electron chi connectivity index (χ0n) is 34.7. The van der Waals surface area contributed by atoms with Crippen molar-refractivity contribution in [2.75, 3.05) is 72.0 Å². The molecule has 1 saturated heterocycles. The minimum atomic E-state index is -0.765. The molecule has 0 amide bonds. The van der Waals surface area contributed by atoms with Crippen LogP contribution in [-0.2, 0) is 44.5 Å². The number of carbonyl (C=O) groups excluding carboxylic acids is 4. The maximum atomic E-state index is 13.3. The van der Waals surface area contributed by atoms with Gasteiger partial charge in [0.2, 0.25) is 0 Å². The summed E-state index contributed by atoms with van der Waals surface area (Å²) >= 11 is 0. The number of rotatable bonds is 14. The molecule has 0 aliphatic carbocycles. The Morgan fingerprint density at radius 1 is 0.611 bits per heavy atom. The number of non-ortho nitro benzene ring substituents is 1. The standard InChI is InChI=1S/C39H65N5O10/c1-36(2,3)51-32(45)25-41-19-17-40(18-20-42(22-21-41)26-33(46)52-37(4,5)6)24-31(23-29-13-15-30(16-14-29)44(49)50)43(27-34(47)53-38(7,8)9)28-35(48)54-39(10,11)12/h13-16,31H,17-28H2,1-12H3. The van der Waals surface area contributed by atoms with Gasteiger partial charge >= 0.3 is 23.9 Å². The van der Waals surface area contributed by atoms with Gasteiger partial charge in [-0.25, -0.2) is 0 Å². The van der Waals surface area contributed by atoms with Gasteiger partial charge < -0.3 is 18.9 Å². The lowest BCUT2D eigenvalue weighted by Gasteiger charge is -2.36. The Balaban J connectivity index is 2.53. The maximum Gasteiger partial charge on any atom is 0.320 e. The van der Waals surface area contributed by atoms with Crippen molar-refractivity contribution in [2.45, 2.75) is 118 Å². The highest BCUT2D eigenvalue weighted by Gasteiger charge is 2.31. The van der Waals surface area contributed by atoms with E-state index in [2.05, 4.69) is 4.90 Å². The van der Waals surface area contributed by atoms with Crippen molar-refractivity contribution in [1.82, 2.24) is 19.6 Å². The Morgan fingerprint density at radius 2 is 0.944 bits per heavy atom. The average molecular weight is 764 g/mol. The third kappa shape index (κ3) is 20.1. The van der Waals surface area contributed by atoms with E-state index in [9.17, 15) is 29.3 Å². The van der Waals surface area contributed by atoms with Crippen molar-refractivity contribution < 1.29 is 43.0 Å². The number of hydrogen-bond acceptors (Lipinski definition) is 14. The van der Waals surface area contributed by atoms with Crippen molar-refractivity contribution in [3.8, 4) is 0 Å². The highest BCUT2D eigenvalue weighted by molar-refractivity contribution is 5.75. The Hall–Kier alpha value is -3.66. The molecule has 306 valence electrons. The van der Waals surface area contributed by atoms with E-state index in [4.69, 9.17) is 18.9 Å². The number of benzene rings is 1. The fourth-order valence-corrected chi connectivity index (χ4v) is 5.82. The summed E-state index contributed by atoms with van der Waals surface area (Å²) in [6.07, 6.45) is 0.337. The van der Waals surface area contributed by atoms with E-state index >= 15 is 0 Å². The van der Waals surface area contributed by atoms with Crippen LogP contribution in [0, 0.1) is 10.1 Å². The number of esters is 4. The predicted octanol–water partition coefficient (Wildman–Crippen LogP) is 4.09. The van der Waals surface area contributed by atoms with Crippen molar-refractivity contribution in [3.05, 3.63) is 39.9 Å². The minimum absolute atomic E-state index is 0.0511. The van der Waals surface area contributed by atoms with Gasteiger partial charge in [0.1, 0.15) is 22.4 Å².